The summed E-state index contributed by atoms with van der Waals surface area (Å²) in [6, 6.07) is -0.669. The predicted octanol–water partition coefficient (Wildman–Crippen LogP) is -0.219. The van der Waals surface area contributed by atoms with Crippen LogP contribution in [-0.4, -0.2) is 32.0 Å². The molecule has 0 radical (unpaired) electrons. The lowest BCUT2D eigenvalue weighted by molar-refractivity contribution is -0.142. The highest BCUT2D eigenvalue weighted by Crippen LogP contribution is 1.95. The van der Waals surface area contributed by atoms with Gasteiger partial charge in [0.2, 0.25) is 0 Å². The van der Waals surface area contributed by atoms with Crippen LogP contribution in [0.25, 0.3) is 0 Å². The molecule has 0 fully saturated rings. The monoisotopic (exact) mass is 165 g/mol. The minimum absolute atomic E-state index is 0.188. The maximum Gasteiger partial charge on any atom is 0.325 e. The van der Waals surface area contributed by atoms with Crippen LogP contribution in [0.4, 0.5) is 0 Å². The number of hydrogen-bond acceptors (Lipinski definition) is 5. The summed E-state index contributed by atoms with van der Waals surface area (Å²) < 4.78 is 9.16. The molecule has 0 unspecified atom stereocenters. The van der Waals surface area contributed by atoms with Gasteiger partial charge in [-0.15, -0.1) is 0 Å². The molecule has 0 heterocycles. The van der Waals surface area contributed by atoms with Gasteiger partial charge in [0.05, 0.1) is 13.7 Å². The zero-order valence-electron chi connectivity index (χ0n) is 5.99. The zero-order valence-corrected chi connectivity index (χ0v) is 6.81. The lowest BCUT2D eigenvalue weighted by atomic mass is 10.3. The van der Waals surface area contributed by atoms with Crippen LogP contribution < -0.4 is 5.73 Å². The molecule has 0 rings (SSSR count). The molecule has 0 bridgehead atoms. The molecule has 0 aliphatic carbocycles. The normalized spacial score (nSPS) is 12.7. The fourth-order valence-electron chi connectivity index (χ4n) is 0.361. The lowest BCUT2D eigenvalue weighted by Gasteiger charge is -2.06. The summed E-state index contributed by atoms with van der Waals surface area (Å²) in [5.41, 5.74) is 5.30. The van der Waals surface area contributed by atoms with Gasteiger partial charge < -0.3 is 14.7 Å². The van der Waals surface area contributed by atoms with Crippen LogP contribution in [0.2, 0.25) is 0 Å². The third-order valence-electron chi connectivity index (χ3n) is 0.869. The standard InChI is InChI=1S/C5H11NO3S/c1-8-5(7)4(6)3-9-10-2/h4H,3,6H2,1-2H3/t4-/m0/s1. The molecule has 10 heavy (non-hydrogen) atoms. The molecule has 0 aromatic carbocycles. The Morgan fingerprint density at radius 3 is 2.80 bits per heavy atom. The van der Waals surface area contributed by atoms with E-state index in [-0.39, 0.29) is 6.61 Å². The second kappa shape index (κ2) is 5.52. The van der Waals surface area contributed by atoms with Gasteiger partial charge in [-0.2, -0.15) is 0 Å². The van der Waals surface area contributed by atoms with Gasteiger partial charge in [-0.3, -0.25) is 4.79 Å². The van der Waals surface area contributed by atoms with Crippen LogP contribution in [0.5, 0.6) is 0 Å². The Morgan fingerprint density at radius 2 is 2.40 bits per heavy atom. The molecule has 5 heteroatoms. The average molecular weight is 165 g/mol. The molecule has 0 aliphatic rings. The molecule has 0 amide bonds. The predicted molar refractivity (Wildman–Crippen MR) is 39.5 cm³/mol. The first-order valence-corrected chi connectivity index (χ1v) is 3.86. The summed E-state index contributed by atoms with van der Waals surface area (Å²) in [6.07, 6.45) is 1.75. The summed E-state index contributed by atoms with van der Waals surface area (Å²) in [5.74, 6) is -0.450. The second-order valence-corrected chi connectivity index (χ2v) is 2.15. The molecule has 60 valence electrons. The maximum absolute atomic E-state index is 10.6. The van der Waals surface area contributed by atoms with E-state index in [4.69, 9.17) is 9.92 Å². The van der Waals surface area contributed by atoms with E-state index < -0.39 is 12.0 Å². The van der Waals surface area contributed by atoms with Crippen LogP contribution in [0.1, 0.15) is 0 Å². The van der Waals surface area contributed by atoms with Crippen LogP contribution in [0.15, 0.2) is 0 Å². The topological polar surface area (TPSA) is 61.5 Å². The maximum atomic E-state index is 10.6. The van der Waals surface area contributed by atoms with Crippen molar-refractivity contribution in [3.05, 3.63) is 0 Å². The van der Waals surface area contributed by atoms with Gasteiger partial charge in [-0.1, -0.05) is 0 Å². The number of rotatable bonds is 4. The molecule has 0 aliphatic heterocycles. The largest absolute Gasteiger partial charge is 0.468 e. The first kappa shape index (κ1) is 9.74. The highest BCUT2D eigenvalue weighted by molar-refractivity contribution is 7.93. The first-order valence-electron chi connectivity index (χ1n) is 2.71. The second-order valence-electron chi connectivity index (χ2n) is 1.58. The van der Waals surface area contributed by atoms with E-state index in [0.717, 1.165) is 0 Å². The zero-order chi connectivity index (χ0) is 7.98. The quantitative estimate of drug-likeness (QED) is 0.461. The molecule has 1 atom stereocenters. The Hall–Kier alpha value is -0.260. The van der Waals surface area contributed by atoms with Crippen LogP contribution in [0.3, 0.4) is 0 Å². The summed E-state index contributed by atoms with van der Waals surface area (Å²) in [4.78, 5) is 10.6. The van der Waals surface area contributed by atoms with Crippen molar-refractivity contribution in [2.75, 3.05) is 20.0 Å². The third-order valence-corrected chi connectivity index (χ3v) is 1.24. The van der Waals surface area contributed by atoms with Crippen molar-refractivity contribution in [3.8, 4) is 0 Å². The molecule has 0 spiro atoms. The van der Waals surface area contributed by atoms with Crippen molar-refractivity contribution >= 4 is 18.0 Å². The van der Waals surface area contributed by atoms with E-state index in [1.54, 1.807) is 6.26 Å². The van der Waals surface area contributed by atoms with Gasteiger partial charge >= 0.3 is 5.97 Å². The smallest absolute Gasteiger partial charge is 0.325 e. The SMILES string of the molecule is COC(=O)[C@@H](N)COSC. The average Bonchev–Trinajstić information content (AvgIpc) is 1.98. The van der Waals surface area contributed by atoms with E-state index in [2.05, 4.69) is 4.74 Å². The number of methoxy groups -OCH3 is 1. The van der Waals surface area contributed by atoms with Gasteiger partial charge in [-0.25, -0.2) is 0 Å². The van der Waals surface area contributed by atoms with E-state index in [0.29, 0.717) is 0 Å². The Bertz CT molecular complexity index is 109. The van der Waals surface area contributed by atoms with E-state index in [1.165, 1.54) is 19.2 Å². The molecule has 0 saturated carbocycles. The summed E-state index contributed by atoms with van der Waals surface area (Å²) in [5, 5.41) is 0. The van der Waals surface area contributed by atoms with Crippen LogP contribution in [-0.2, 0) is 13.7 Å². The Labute approximate surface area is 64.3 Å². The lowest BCUT2D eigenvalue weighted by Crippen LogP contribution is -2.35. The molecular weight excluding hydrogens is 154 g/mol. The Balaban J connectivity index is 3.41. The minimum atomic E-state index is -0.669. The number of nitrogens with two attached hydrogens (primary N) is 1. The number of carbonyl (C=O) groups excluding carboxylic acids is 1. The van der Waals surface area contributed by atoms with E-state index in [9.17, 15) is 4.79 Å². The van der Waals surface area contributed by atoms with Crippen molar-refractivity contribution in [3.63, 3.8) is 0 Å². The van der Waals surface area contributed by atoms with E-state index >= 15 is 0 Å². The molecular formula is C5H11NO3S. The van der Waals surface area contributed by atoms with Crippen molar-refractivity contribution in [1.29, 1.82) is 0 Å². The van der Waals surface area contributed by atoms with Crippen LogP contribution >= 0.6 is 12.0 Å². The summed E-state index contributed by atoms with van der Waals surface area (Å²) in [7, 11) is 1.29. The Kier molecular flexibility index (Phi) is 5.38. The Morgan fingerprint density at radius 1 is 1.80 bits per heavy atom. The molecule has 0 aromatic heterocycles. The van der Waals surface area contributed by atoms with Crippen molar-refractivity contribution in [2.24, 2.45) is 5.73 Å². The number of hydrogen-bond donors (Lipinski definition) is 1. The third kappa shape index (κ3) is 3.71. The molecule has 2 N–H and O–H groups in total. The highest BCUT2D eigenvalue weighted by Gasteiger charge is 2.12. The number of carbonyl (C=O) groups is 1. The number of ether oxygens (including phenoxy) is 1. The molecule has 0 aromatic rings. The number of esters is 1. The van der Waals surface area contributed by atoms with Gasteiger partial charge in [0.25, 0.3) is 0 Å². The minimum Gasteiger partial charge on any atom is -0.468 e. The van der Waals surface area contributed by atoms with Crippen molar-refractivity contribution in [1.82, 2.24) is 0 Å². The van der Waals surface area contributed by atoms with E-state index in [1.807, 2.05) is 0 Å². The fraction of sp³-hybridized carbons (Fsp3) is 0.800. The van der Waals surface area contributed by atoms with Gasteiger partial charge in [0.15, 0.2) is 0 Å². The summed E-state index contributed by atoms with van der Waals surface area (Å²) >= 11 is 1.17. The molecule has 0 saturated heterocycles. The first-order chi connectivity index (χ1) is 4.72. The molecule has 4 nitrogen and oxygen atoms in total. The van der Waals surface area contributed by atoms with Gasteiger partial charge in [0.1, 0.15) is 6.04 Å². The summed E-state index contributed by atoms with van der Waals surface area (Å²) in [6.45, 7) is 0.188. The van der Waals surface area contributed by atoms with Crippen molar-refractivity contribution < 1.29 is 13.7 Å². The highest BCUT2D eigenvalue weighted by atomic mass is 32.2. The van der Waals surface area contributed by atoms with Gasteiger partial charge in [-0.05, 0) is 12.0 Å². The fourth-order valence-corrected chi connectivity index (χ4v) is 0.643. The van der Waals surface area contributed by atoms with Crippen LogP contribution in [0, 0.1) is 0 Å². The van der Waals surface area contributed by atoms with Gasteiger partial charge in [0, 0.05) is 6.26 Å². The van der Waals surface area contributed by atoms with Crippen molar-refractivity contribution in [2.45, 2.75) is 6.04 Å².